The fourth-order valence-electron chi connectivity index (χ4n) is 1.85. The molecule has 1 amide bonds. The predicted octanol–water partition coefficient (Wildman–Crippen LogP) is 3.92. The molecule has 0 saturated heterocycles. The molecule has 5 nitrogen and oxygen atoms in total. The van der Waals surface area contributed by atoms with Crippen LogP contribution in [-0.2, 0) is 4.79 Å². The smallest absolute Gasteiger partial charge is 0.257 e. The number of carbonyl (C=O) groups is 1. The molecule has 3 aromatic rings. The molecule has 0 radical (unpaired) electrons. The standard InChI is InChI=1S/C15H11ClN2O3S/c16-9-4-5-13-12(6-9)18-15(21-13)22-8-14(20)17-10-2-1-3-11(19)7-10/h1-7,19H,8H2,(H,17,20). The SMILES string of the molecule is O=C(CSc1nc2cc(Cl)ccc2o1)Nc1cccc(O)c1. The van der Waals surface area contributed by atoms with Gasteiger partial charge >= 0.3 is 0 Å². The Morgan fingerprint density at radius 2 is 2.18 bits per heavy atom. The summed E-state index contributed by atoms with van der Waals surface area (Å²) in [6, 6.07) is 11.5. The highest BCUT2D eigenvalue weighted by Gasteiger charge is 2.10. The molecular formula is C15H11ClN2O3S. The van der Waals surface area contributed by atoms with Gasteiger partial charge in [0.25, 0.3) is 5.22 Å². The van der Waals surface area contributed by atoms with E-state index in [0.717, 1.165) is 0 Å². The Bertz CT molecular complexity index is 835. The first kappa shape index (κ1) is 14.7. The zero-order chi connectivity index (χ0) is 15.5. The number of carbonyl (C=O) groups excluding carboxylic acids is 1. The molecule has 0 saturated carbocycles. The Morgan fingerprint density at radius 1 is 1.32 bits per heavy atom. The molecule has 2 N–H and O–H groups in total. The minimum Gasteiger partial charge on any atom is -0.508 e. The number of halogens is 1. The van der Waals surface area contributed by atoms with Crippen LogP contribution in [-0.4, -0.2) is 21.8 Å². The minimum absolute atomic E-state index is 0.0984. The lowest BCUT2D eigenvalue weighted by Gasteiger charge is -2.04. The second-order valence-electron chi connectivity index (χ2n) is 4.48. The maximum atomic E-state index is 11.9. The number of fused-ring (bicyclic) bond motifs is 1. The zero-order valence-corrected chi connectivity index (χ0v) is 12.8. The second-order valence-corrected chi connectivity index (χ2v) is 5.84. The van der Waals surface area contributed by atoms with Crippen molar-refractivity contribution >= 4 is 46.1 Å². The summed E-state index contributed by atoms with van der Waals surface area (Å²) in [5.41, 5.74) is 1.82. The number of rotatable bonds is 4. The van der Waals surface area contributed by atoms with Gasteiger partial charge in [0.1, 0.15) is 11.3 Å². The highest BCUT2D eigenvalue weighted by Crippen LogP contribution is 2.25. The van der Waals surface area contributed by atoms with E-state index in [1.807, 2.05) is 0 Å². The lowest BCUT2D eigenvalue weighted by Crippen LogP contribution is -2.13. The third-order valence-electron chi connectivity index (χ3n) is 2.79. The summed E-state index contributed by atoms with van der Waals surface area (Å²) in [5.74, 6) is 0.0353. The van der Waals surface area contributed by atoms with Crippen LogP contribution in [0.3, 0.4) is 0 Å². The largest absolute Gasteiger partial charge is 0.508 e. The molecule has 22 heavy (non-hydrogen) atoms. The molecule has 0 fully saturated rings. The van der Waals surface area contributed by atoms with Crippen molar-refractivity contribution in [3.05, 3.63) is 47.5 Å². The lowest BCUT2D eigenvalue weighted by molar-refractivity contribution is -0.113. The van der Waals surface area contributed by atoms with Gasteiger partial charge in [-0.1, -0.05) is 29.4 Å². The Morgan fingerprint density at radius 3 is 3.00 bits per heavy atom. The number of aromatic hydroxyl groups is 1. The van der Waals surface area contributed by atoms with Crippen LogP contribution in [0.15, 0.2) is 52.1 Å². The number of nitrogens with zero attached hydrogens (tertiary/aromatic N) is 1. The first-order chi connectivity index (χ1) is 10.6. The number of amides is 1. The molecule has 0 unspecified atom stereocenters. The second kappa shape index (κ2) is 6.29. The van der Waals surface area contributed by atoms with E-state index in [1.54, 1.807) is 30.3 Å². The van der Waals surface area contributed by atoms with E-state index in [-0.39, 0.29) is 17.4 Å². The molecule has 2 aromatic carbocycles. The van der Waals surface area contributed by atoms with Gasteiger partial charge < -0.3 is 14.8 Å². The van der Waals surface area contributed by atoms with E-state index >= 15 is 0 Å². The van der Waals surface area contributed by atoms with Crippen LogP contribution < -0.4 is 5.32 Å². The summed E-state index contributed by atoms with van der Waals surface area (Å²) in [6.07, 6.45) is 0. The molecule has 7 heteroatoms. The fourth-order valence-corrected chi connectivity index (χ4v) is 2.65. The number of nitrogens with one attached hydrogen (secondary N) is 1. The Kier molecular flexibility index (Phi) is 4.22. The van der Waals surface area contributed by atoms with Crippen LogP contribution in [0.1, 0.15) is 0 Å². The van der Waals surface area contributed by atoms with Crippen LogP contribution in [0.2, 0.25) is 5.02 Å². The number of thioether (sulfide) groups is 1. The van der Waals surface area contributed by atoms with E-state index in [4.69, 9.17) is 16.0 Å². The molecule has 0 aliphatic carbocycles. The van der Waals surface area contributed by atoms with E-state index in [1.165, 1.54) is 23.9 Å². The van der Waals surface area contributed by atoms with Gasteiger partial charge in [-0.25, -0.2) is 4.98 Å². The van der Waals surface area contributed by atoms with Crippen LogP contribution in [0.5, 0.6) is 5.75 Å². The number of phenols is 1. The maximum absolute atomic E-state index is 11.9. The highest BCUT2D eigenvalue weighted by atomic mass is 35.5. The van der Waals surface area contributed by atoms with Crippen molar-refractivity contribution in [3.63, 3.8) is 0 Å². The van der Waals surface area contributed by atoms with Gasteiger partial charge in [-0.2, -0.15) is 0 Å². The summed E-state index contributed by atoms with van der Waals surface area (Å²) < 4.78 is 5.52. The van der Waals surface area contributed by atoms with Crippen molar-refractivity contribution in [2.75, 3.05) is 11.1 Å². The maximum Gasteiger partial charge on any atom is 0.257 e. The van der Waals surface area contributed by atoms with E-state index in [2.05, 4.69) is 10.3 Å². The van der Waals surface area contributed by atoms with Gasteiger partial charge in [0.05, 0.1) is 5.75 Å². The molecule has 1 heterocycles. The molecule has 0 bridgehead atoms. The summed E-state index contributed by atoms with van der Waals surface area (Å²) in [7, 11) is 0. The Hall–Kier alpha value is -2.18. The van der Waals surface area contributed by atoms with Gasteiger partial charge in [-0.05, 0) is 30.3 Å². The van der Waals surface area contributed by atoms with Gasteiger partial charge in [0, 0.05) is 16.8 Å². The summed E-state index contributed by atoms with van der Waals surface area (Å²) in [4.78, 5) is 16.1. The van der Waals surface area contributed by atoms with Crippen LogP contribution in [0.4, 0.5) is 5.69 Å². The molecule has 0 aliphatic heterocycles. The third-order valence-corrected chi connectivity index (χ3v) is 3.85. The third kappa shape index (κ3) is 3.52. The molecule has 0 aliphatic rings. The van der Waals surface area contributed by atoms with Gasteiger partial charge in [-0.15, -0.1) is 0 Å². The van der Waals surface area contributed by atoms with Crippen LogP contribution in [0, 0.1) is 0 Å². The fraction of sp³-hybridized carbons (Fsp3) is 0.0667. The number of oxazole rings is 1. The Labute approximate surface area is 135 Å². The number of phenolic OH excluding ortho intramolecular Hbond substituents is 1. The molecule has 112 valence electrons. The predicted molar refractivity (Wildman–Crippen MR) is 86.5 cm³/mol. The lowest BCUT2D eigenvalue weighted by atomic mass is 10.3. The summed E-state index contributed by atoms with van der Waals surface area (Å²) >= 11 is 7.07. The molecule has 0 atom stereocenters. The van der Waals surface area contributed by atoms with Crippen molar-refractivity contribution < 1.29 is 14.3 Å². The van der Waals surface area contributed by atoms with E-state index in [0.29, 0.717) is 27.0 Å². The summed E-state index contributed by atoms with van der Waals surface area (Å²) in [6.45, 7) is 0. The van der Waals surface area contributed by atoms with Crippen molar-refractivity contribution in [2.24, 2.45) is 0 Å². The average Bonchev–Trinajstić information content (AvgIpc) is 2.87. The van der Waals surface area contributed by atoms with E-state index < -0.39 is 0 Å². The molecule has 0 spiro atoms. The molecule has 1 aromatic heterocycles. The van der Waals surface area contributed by atoms with Crippen molar-refractivity contribution in [1.82, 2.24) is 4.98 Å². The number of hydrogen-bond acceptors (Lipinski definition) is 5. The van der Waals surface area contributed by atoms with Gasteiger partial charge in [0.15, 0.2) is 5.58 Å². The average molecular weight is 335 g/mol. The topological polar surface area (TPSA) is 75.4 Å². The number of anilines is 1. The number of hydrogen-bond donors (Lipinski definition) is 2. The zero-order valence-electron chi connectivity index (χ0n) is 11.2. The molecule has 3 rings (SSSR count). The van der Waals surface area contributed by atoms with Crippen LogP contribution >= 0.6 is 23.4 Å². The highest BCUT2D eigenvalue weighted by molar-refractivity contribution is 7.99. The molecular weight excluding hydrogens is 324 g/mol. The van der Waals surface area contributed by atoms with Crippen LogP contribution in [0.25, 0.3) is 11.1 Å². The van der Waals surface area contributed by atoms with Gasteiger partial charge in [-0.3, -0.25) is 4.79 Å². The monoisotopic (exact) mass is 334 g/mol. The number of benzene rings is 2. The summed E-state index contributed by atoms with van der Waals surface area (Å²) in [5, 5.41) is 13.0. The Balaban J connectivity index is 1.62. The minimum atomic E-state index is -0.212. The van der Waals surface area contributed by atoms with Crippen molar-refractivity contribution in [3.8, 4) is 5.75 Å². The van der Waals surface area contributed by atoms with E-state index in [9.17, 15) is 9.90 Å². The first-order valence-electron chi connectivity index (χ1n) is 6.38. The quantitative estimate of drug-likeness (QED) is 0.707. The normalized spacial score (nSPS) is 10.8. The van der Waals surface area contributed by atoms with Crippen molar-refractivity contribution in [2.45, 2.75) is 5.22 Å². The van der Waals surface area contributed by atoms with Crippen molar-refractivity contribution in [1.29, 1.82) is 0 Å². The van der Waals surface area contributed by atoms with Gasteiger partial charge in [0.2, 0.25) is 5.91 Å². The first-order valence-corrected chi connectivity index (χ1v) is 7.74. The number of aromatic nitrogens is 1.